The van der Waals surface area contributed by atoms with E-state index in [0.29, 0.717) is 11.0 Å². The quantitative estimate of drug-likeness (QED) is 0.545. The summed E-state index contributed by atoms with van der Waals surface area (Å²) in [4.78, 5) is 0. The van der Waals surface area contributed by atoms with Crippen molar-refractivity contribution in [2.24, 2.45) is 5.41 Å². The fourth-order valence-electron chi connectivity index (χ4n) is 3.13. The third kappa shape index (κ3) is 0.574. The Morgan fingerprint density at radius 1 is 0.909 bits per heavy atom. The monoisotopic (exact) mass is 152 g/mol. The molecule has 62 valence electrons. The molecule has 0 aromatic heterocycles. The number of rotatable bonds is 0. The second kappa shape index (κ2) is 1.80. The Labute approximate surface area is 67.7 Å². The maximum absolute atomic E-state index is 3.51. The molecule has 11 heavy (non-hydrogen) atoms. The molecule has 0 atom stereocenters. The van der Waals surface area contributed by atoms with Gasteiger partial charge in [0.2, 0.25) is 0 Å². The van der Waals surface area contributed by atoms with Crippen LogP contribution in [0.2, 0.25) is 0 Å². The molecule has 2 aliphatic carbocycles. The van der Waals surface area contributed by atoms with Crippen LogP contribution in [0.5, 0.6) is 0 Å². The van der Waals surface area contributed by atoms with Gasteiger partial charge >= 0.3 is 0 Å². The zero-order valence-electron chi connectivity index (χ0n) is 6.95. The first-order chi connectivity index (χ1) is 5.37. The molecule has 2 heteroatoms. The van der Waals surface area contributed by atoms with Gasteiger partial charge in [-0.2, -0.15) is 0 Å². The van der Waals surface area contributed by atoms with E-state index < -0.39 is 0 Å². The van der Waals surface area contributed by atoms with Gasteiger partial charge in [-0.3, -0.25) is 10.9 Å². The predicted octanol–water partition coefficient (Wildman–Crippen LogP) is 1.19. The van der Waals surface area contributed by atoms with Crippen LogP contribution in [-0.4, -0.2) is 12.1 Å². The summed E-state index contributed by atoms with van der Waals surface area (Å²) in [5.41, 5.74) is 8.10. The summed E-state index contributed by atoms with van der Waals surface area (Å²) in [7, 11) is 0. The Kier molecular flexibility index (Phi) is 1.06. The average Bonchev–Trinajstić information content (AvgIpc) is 2.21. The second-order valence-electron chi connectivity index (χ2n) is 4.55. The molecule has 0 unspecified atom stereocenters. The van der Waals surface area contributed by atoms with E-state index in [-0.39, 0.29) is 0 Å². The number of hydrazine groups is 1. The zero-order chi connectivity index (χ0) is 7.36. The first-order valence-electron chi connectivity index (χ1n) is 4.87. The number of fused-ring (bicyclic) bond motifs is 1. The lowest BCUT2D eigenvalue weighted by molar-refractivity contribution is -0.00319. The summed E-state index contributed by atoms with van der Waals surface area (Å²) in [6.45, 7) is 1.23. The Bertz CT molecular complexity index is 160. The zero-order valence-corrected chi connectivity index (χ0v) is 6.95. The maximum Gasteiger partial charge on any atom is 0.0392 e. The lowest BCUT2D eigenvalue weighted by Gasteiger charge is -2.55. The van der Waals surface area contributed by atoms with Gasteiger partial charge in [0.1, 0.15) is 0 Å². The van der Waals surface area contributed by atoms with E-state index in [1.807, 2.05) is 0 Å². The van der Waals surface area contributed by atoms with E-state index in [0.717, 1.165) is 0 Å². The first-order valence-corrected chi connectivity index (χ1v) is 4.87. The standard InChI is InChI=1S/C9H16N2/c1-3-8(4-1)7-10-11-9(8)5-2-6-9/h10-11H,1-7H2. The van der Waals surface area contributed by atoms with Gasteiger partial charge in [-0.15, -0.1) is 0 Å². The highest BCUT2D eigenvalue weighted by Crippen LogP contribution is 2.58. The highest BCUT2D eigenvalue weighted by molar-refractivity contribution is 5.15. The van der Waals surface area contributed by atoms with Gasteiger partial charge < -0.3 is 0 Å². The third-order valence-corrected chi connectivity index (χ3v) is 4.29. The smallest absolute Gasteiger partial charge is 0.0392 e. The maximum atomic E-state index is 3.51. The molecule has 2 nitrogen and oxygen atoms in total. The van der Waals surface area contributed by atoms with E-state index in [4.69, 9.17) is 0 Å². The number of hydrogen-bond donors (Lipinski definition) is 2. The van der Waals surface area contributed by atoms with Crippen LogP contribution in [-0.2, 0) is 0 Å². The van der Waals surface area contributed by atoms with Crippen molar-refractivity contribution in [3.05, 3.63) is 0 Å². The van der Waals surface area contributed by atoms with Crippen molar-refractivity contribution >= 4 is 0 Å². The Balaban J connectivity index is 1.91. The van der Waals surface area contributed by atoms with Gasteiger partial charge in [0.15, 0.2) is 0 Å². The van der Waals surface area contributed by atoms with Crippen molar-refractivity contribution < 1.29 is 0 Å². The Morgan fingerprint density at radius 2 is 1.64 bits per heavy atom. The predicted molar refractivity (Wildman–Crippen MR) is 44.0 cm³/mol. The molecule has 3 aliphatic rings. The lowest BCUT2D eigenvalue weighted by atomic mass is 9.51. The van der Waals surface area contributed by atoms with Gasteiger partial charge in [0.05, 0.1) is 0 Å². The van der Waals surface area contributed by atoms with E-state index in [1.54, 1.807) is 0 Å². The van der Waals surface area contributed by atoms with Crippen molar-refractivity contribution in [3.63, 3.8) is 0 Å². The normalized spacial score (nSPS) is 37.1. The number of hydrogen-bond acceptors (Lipinski definition) is 2. The largest absolute Gasteiger partial charge is 0.257 e. The molecule has 1 aliphatic heterocycles. The van der Waals surface area contributed by atoms with E-state index in [1.165, 1.54) is 45.1 Å². The summed E-state index contributed by atoms with van der Waals surface area (Å²) < 4.78 is 0. The second-order valence-corrected chi connectivity index (χ2v) is 4.55. The van der Waals surface area contributed by atoms with Crippen LogP contribution in [0.3, 0.4) is 0 Å². The van der Waals surface area contributed by atoms with Crippen molar-refractivity contribution in [2.45, 2.75) is 44.1 Å². The van der Waals surface area contributed by atoms with Crippen molar-refractivity contribution in [1.29, 1.82) is 0 Å². The summed E-state index contributed by atoms with van der Waals surface area (Å²) in [6.07, 6.45) is 8.67. The summed E-state index contributed by atoms with van der Waals surface area (Å²) in [5, 5.41) is 0. The molecule has 1 saturated heterocycles. The summed E-state index contributed by atoms with van der Waals surface area (Å²) in [5.74, 6) is 0. The Hall–Kier alpha value is -0.0800. The number of nitrogens with one attached hydrogen (secondary N) is 2. The Morgan fingerprint density at radius 3 is 2.00 bits per heavy atom. The van der Waals surface area contributed by atoms with Gasteiger partial charge in [0, 0.05) is 17.5 Å². The fourth-order valence-corrected chi connectivity index (χ4v) is 3.13. The van der Waals surface area contributed by atoms with Gasteiger partial charge in [-0.1, -0.05) is 6.42 Å². The topological polar surface area (TPSA) is 24.1 Å². The van der Waals surface area contributed by atoms with Crippen LogP contribution in [0.15, 0.2) is 0 Å². The molecule has 0 radical (unpaired) electrons. The SMILES string of the molecule is C1CC2(C1)CNNC21CCC1. The molecule has 1 heterocycles. The van der Waals surface area contributed by atoms with Gasteiger partial charge in [0.25, 0.3) is 0 Å². The van der Waals surface area contributed by atoms with Crippen LogP contribution in [0.25, 0.3) is 0 Å². The van der Waals surface area contributed by atoms with Crippen molar-refractivity contribution in [1.82, 2.24) is 10.9 Å². The van der Waals surface area contributed by atoms with Crippen LogP contribution >= 0.6 is 0 Å². The molecule has 2 spiro atoms. The van der Waals surface area contributed by atoms with Crippen LogP contribution in [0.4, 0.5) is 0 Å². The molecule has 2 saturated carbocycles. The molecule has 0 amide bonds. The van der Waals surface area contributed by atoms with Crippen molar-refractivity contribution in [3.8, 4) is 0 Å². The minimum Gasteiger partial charge on any atom is -0.257 e. The molecular formula is C9H16N2. The van der Waals surface area contributed by atoms with Gasteiger partial charge in [-0.25, -0.2) is 0 Å². The average molecular weight is 152 g/mol. The fraction of sp³-hybridized carbons (Fsp3) is 1.00. The molecule has 2 N–H and O–H groups in total. The van der Waals surface area contributed by atoms with Crippen LogP contribution in [0.1, 0.15) is 38.5 Å². The van der Waals surface area contributed by atoms with Crippen LogP contribution < -0.4 is 10.9 Å². The third-order valence-electron chi connectivity index (χ3n) is 4.29. The van der Waals surface area contributed by atoms with E-state index in [9.17, 15) is 0 Å². The first kappa shape index (κ1) is 6.44. The van der Waals surface area contributed by atoms with Gasteiger partial charge in [-0.05, 0) is 32.1 Å². The summed E-state index contributed by atoms with van der Waals surface area (Å²) >= 11 is 0. The van der Waals surface area contributed by atoms with Crippen LogP contribution in [0, 0.1) is 5.41 Å². The molecular weight excluding hydrogens is 136 g/mol. The minimum absolute atomic E-state index is 0.547. The lowest BCUT2D eigenvalue weighted by Crippen LogP contribution is -2.60. The van der Waals surface area contributed by atoms with Crippen molar-refractivity contribution in [2.75, 3.05) is 6.54 Å². The highest BCUT2D eigenvalue weighted by atomic mass is 15.4. The molecule has 0 aromatic rings. The molecule has 3 fully saturated rings. The molecule has 0 bridgehead atoms. The van der Waals surface area contributed by atoms with E-state index in [2.05, 4.69) is 10.9 Å². The molecule has 0 aromatic carbocycles. The van der Waals surface area contributed by atoms with E-state index >= 15 is 0 Å². The summed E-state index contributed by atoms with van der Waals surface area (Å²) in [6, 6.07) is 0. The minimum atomic E-state index is 0.547. The highest BCUT2D eigenvalue weighted by Gasteiger charge is 2.60. The molecule has 3 rings (SSSR count).